The van der Waals surface area contributed by atoms with Gasteiger partial charge in [0.05, 0.1) is 23.6 Å². The predicted molar refractivity (Wildman–Crippen MR) is 102 cm³/mol. The number of aromatic nitrogens is 3. The molecule has 25 heavy (non-hydrogen) atoms. The van der Waals surface area contributed by atoms with Gasteiger partial charge in [-0.3, -0.25) is 4.79 Å². The van der Waals surface area contributed by atoms with Crippen LogP contribution in [0.15, 0.2) is 52.5 Å². The maximum Gasteiger partial charge on any atom is 0.267 e. The average molecular weight is 355 g/mol. The summed E-state index contributed by atoms with van der Waals surface area (Å²) in [5.74, 6) is 1.34. The highest BCUT2D eigenvalue weighted by atomic mass is 32.2. The Hall–Kier alpha value is -2.18. The summed E-state index contributed by atoms with van der Waals surface area (Å²) in [4.78, 5) is 22.2. The van der Waals surface area contributed by atoms with Crippen molar-refractivity contribution in [3.05, 3.63) is 58.5 Å². The van der Waals surface area contributed by atoms with Crippen LogP contribution in [0.5, 0.6) is 0 Å². The van der Waals surface area contributed by atoms with Crippen LogP contribution >= 0.6 is 11.8 Å². The molecule has 0 aliphatic carbocycles. The second-order valence-corrected chi connectivity index (χ2v) is 7.03. The lowest BCUT2D eigenvalue weighted by Gasteiger charge is -2.14. The maximum atomic E-state index is 13.1. The molecule has 3 aromatic rings. The lowest BCUT2D eigenvalue weighted by Crippen LogP contribution is -2.23. The van der Waals surface area contributed by atoms with Crippen molar-refractivity contribution in [1.82, 2.24) is 14.5 Å². The molecule has 0 N–H and O–H groups in total. The van der Waals surface area contributed by atoms with E-state index in [0.29, 0.717) is 28.5 Å². The van der Waals surface area contributed by atoms with Crippen LogP contribution in [0.4, 0.5) is 0 Å². The first-order valence-electron chi connectivity index (χ1n) is 8.26. The van der Waals surface area contributed by atoms with Crippen LogP contribution in [-0.2, 0) is 4.74 Å². The summed E-state index contributed by atoms with van der Waals surface area (Å²) in [6, 6.07) is 11.2. The molecule has 0 bridgehead atoms. The summed E-state index contributed by atoms with van der Waals surface area (Å²) in [5.41, 5.74) is 1.53. The van der Waals surface area contributed by atoms with Crippen molar-refractivity contribution in [2.45, 2.75) is 32.0 Å². The highest BCUT2D eigenvalue weighted by molar-refractivity contribution is 7.99. The van der Waals surface area contributed by atoms with Gasteiger partial charge in [0.2, 0.25) is 0 Å². The number of para-hydroxylation sites is 1. The van der Waals surface area contributed by atoms with Crippen LogP contribution in [0, 0.1) is 6.92 Å². The quantitative estimate of drug-likeness (QED) is 0.384. The first-order valence-corrected chi connectivity index (χ1v) is 9.24. The number of ether oxygens (including phenoxy) is 1. The molecule has 0 amide bonds. The first kappa shape index (κ1) is 17.6. The molecule has 0 spiro atoms. The van der Waals surface area contributed by atoms with Gasteiger partial charge < -0.3 is 4.74 Å². The molecule has 0 aliphatic heterocycles. The van der Waals surface area contributed by atoms with Gasteiger partial charge in [0.25, 0.3) is 5.56 Å². The van der Waals surface area contributed by atoms with Crippen LogP contribution < -0.4 is 5.56 Å². The van der Waals surface area contributed by atoms with Gasteiger partial charge in [0.1, 0.15) is 5.82 Å². The van der Waals surface area contributed by atoms with Crippen molar-refractivity contribution in [3.8, 4) is 5.82 Å². The zero-order chi connectivity index (χ0) is 17.8. The Labute approximate surface area is 151 Å². The van der Waals surface area contributed by atoms with E-state index in [2.05, 4.69) is 4.98 Å². The van der Waals surface area contributed by atoms with E-state index in [1.54, 1.807) is 16.8 Å². The van der Waals surface area contributed by atoms with Crippen molar-refractivity contribution in [2.75, 3.05) is 12.4 Å². The van der Waals surface area contributed by atoms with E-state index in [9.17, 15) is 4.79 Å². The summed E-state index contributed by atoms with van der Waals surface area (Å²) < 4.78 is 7.21. The molecule has 0 atom stereocenters. The topological polar surface area (TPSA) is 57.0 Å². The molecule has 0 saturated carbocycles. The second-order valence-electron chi connectivity index (χ2n) is 5.96. The molecule has 5 nitrogen and oxygen atoms in total. The van der Waals surface area contributed by atoms with Crippen LogP contribution in [0.25, 0.3) is 16.7 Å². The largest absolute Gasteiger partial charge is 0.378 e. The molecule has 6 heteroatoms. The fourth-order valence-corrected chi connectivity index (χ4v) is 3.35. The number of thioether (sulfide) groups is 1. The van der Waals surface area contributed by atoms with Gasteiger partial charge in [-0.1, -0.05) is 30.0 Å². The fourth-order valence-electron chi connectivity index (χ4n) is 2.52. The van der Waals surface area contributed by atoms with Crippen LogP contribution in [-0.4, -0.2) is 33.0 Å². The van der Waals surface area contributed by atoms with Gasteiger partial charge in [-0.05, 0) is 44.5 Å². The van der Waals surface area contributed by atoms with Crippen molar-refractivity contribution in [1.29, 1.82) is 0 Å². The highest BCUT2D eigenvalue weighted by Gasteiger charge is 2.15. The molecule has 130 valence electrons. The third-order valence-electron chi connectivity index (χ3n) is 3.70. The number of benzene rings is 1. The standard InChI is InChI=1S/C19H21N3O2S/c1-13(2)24-11-12-25-19-21-16-9-5-4-8-15(16)18(23)22(19)17-14(3)7-6-10-20-17/h4-10,13H,11-12H2,1-3H3. The second kappa shape index (κ2) is 7.80. The number of hydrogen-bond donors (Lipinski definition) is 0. The van der Waals surface area contributed by atoms with E-state index in [-0.39, 0.29) is 11.7 Å². The minimum absolute atomic E-state index is 0.0975. The van der Waals surface area contributed by atoms with Gasteiger partial charge in [0, 0.05) is 11.9 Å². The van der Waals surface area contributed by atoms with Crippen molar-refractivity contribution in [2.24, 2.45) is 0 Å². The molecule has 1 aromatic carbocycles. The Morgan fingerprint density at radius 1 is 1.20 bits per heavy atom. The number of rotatable bonds is 6. The lowest BCUT2D eigenvalue weighted by molar-refractivity contribution is 0.0920. The third kappa shape index (κ3) is 3.91. The third-order valence-corrected chi connectivity index (χ3v) is 4.61. The molecule has 2 aromatic heterocycles. The highest BCUT2D eigenvalue weighted by Crippen LogP contribution is 2.21. The van der Waals surface area contributed by atoms with Gasteiger partial charge in [-0.15, -0.1) is 0 Å². The van der Waals surface area contributed by atoms with Crippen LogP contribution in [0.3, 0.4) is 0 Å². The van der Waals surface area contributed by atoms with Crippen molar-refractivity contribution in [3.63, 3.8) is 0 Å². The number of aryl methyl sites for hydroxylation is 1. The average Bonchev–Trinajstić information content (AvgIpc) is 2.60. The summed E-state index contributed by atoms with van der Waals surface area (Å²) in [5, 5.41) is 1.23. The molecular formula is C19H21N3O2S. The molecule has 0 unspecified atom stereocenters. The van der Waals surface area contributed by atoms with Crippen molar-refractivity contribution >= 4 is 22.7 Å². The van der Waals surface area contributed by atoms with E-state index in [1.165, 1.54) is 11.8 Å². The van der Waals surface area contributed by atoms with E-state index in [1.807, 2.05) is 51.1 Å². The Balaban J connectivity index is 2.08. The van der Waals surface area contributed by atoms with E-state index in [4.69, 9.17) is 9.72 Å². The van der Waals surface area contributed by atoms with Gasteiger partial charge in [0.15, 0.2) is 5.16 Å². The van der Waals surface area contributed by atoms with Gasteiger partial charge >= 0.3 is 0 Å². The number of nitrogens with zero attached hydrogens (tertiary/aromatic N) is 3. The number of fused-ring (bicyclic) bond motifs is 1. The van der Waals surface area contributed by atoms with E-state index in [0.717, 1.165) is 11.3 Å². The molecule has 0 saturated heterocycles. The molecular weight excluding hydrogens is 334 g/mol. The minimum atomic E-state index is -0.0975. The number of pyridine rings is 1. The zero-order valence-electron chi connectivity index (χ0n) is 14.6. The van der Waals surface area contributed by atoms with E-state index < -0.39 is 0 Å². The van der Waals surface area contributed by atoms with Gasteiger partial charge in [-0.25, -0.2) is 14.5 Å². The fraction of sp³-hybridized carbons (Fsp3) is 0.316. The molecule has 3 rings (SSSR count). The molecule has 2 heterocycles. The molecule has 0 radical (unpaired) electrons. The Kier molecular flexibility index (Phi) is 5.50. The Morgan fingerprint density at radius 2 is 2.00 bits per heavy atom. The summed E-state index contributed by atoms with van der Waals surface area (Å²) >= 11 is 1.51. The Bertz CT molecular complexity index is 937. The molecule has 0 aliphatic rings. The van der Waals surface area contributed by atoms with Crippen LogP contribution in [0.1, 0.15) is 19.4 Å². The summed E-state index contributed by atoms with van der Waals surface area (Å²) in [6.07, 6.45) is 1.88. The van der Waals surface area contributed by atoms with Crippen LogP contribution in [0.2, 0.25) is 0 Å². The minimum Gasteiger partial charge on any atom is -0.378 e. The SMILES string of the molecule is Cc1cccnc1-n1c(SCCOC(C)C)nc2ccccc2c1=O. The smallest absolute Gasteiger partial charge is 0.267 e. The zero-order valence-corrected chi connectivity index (χ0v) is 15.4. The summed E-state index contributed by atoms with van der Waals surface area (Å²) in [7, 11) is 0. The van der Waals surface area contributed by atoms with E-state index >= 15 is 0 Å². The lowest BCUT2D eigenvalue weighted by atomic mass is 10.2. The predicted octanol–water partition coefficient (Wildman–Crippen LogP) is 3.61. The Morgan fingerprint density at radius 3 is 2.76 bits per heavy atom. The summed E-state index contributed by atoms with van der Waals surface area (Å²) in [6.45, 7) is 6.56. The van der Waals surface area contributed by atoms with Gasteiger partial charge in [-0.2, -0.15) is 0 Å². The van der Waals surface area contributed by atoms with Crippen molar-refractivity contribution < 1.29 is 4.74 Å². The monoisotopic (exact) mass is 355 g/mol. The normalized spacial score (nSPS) is 11.4. The maximum absolute atomic E-state index is 13.1. The molecule has 0 fully saturated rings. The number of hydrogen-bond acceptors (Lipinski definition) is 5. The first-order chi connectivity index (χ1) is 12.1.